The normalized spacial score (nSPS) is 12.3. The summed E-state index contributed by atoms with van der Waals surface area (Å²) in [5, 5.41) is 0. The summed E-state index contributed by atoms with van der Waals surface area (Å²) in [5.41, 5.74) is 0. The van der Waals surface area contributed by atoms with Gasteiger partial charge in [0, 0.05) is 6.42 Å². The van der Waals surface area contributed by atoms with Gasteiger partial charge in [0.25, 0.3) is 0 Å². The van der Waals surface area contributed by atoms with Gasteiger partial charge in [0.1, 0.15) is 6.10 Å². The van der Waals surface area contributed by atoms with E-state index in [0.717, 1.165) is 0 Å². The molecule has 0 bridgehead atoms. The molecule has 5 heteroatoms. The van der Waals surface area contributed by atoms with Crippen molar-refractivity contribution < 1.29 is 19.1 Å². The van der Waals surface area contributed by atoms with Crippen molar-refractivity contribution in [2.24, 2.45) is 0 Å². The van der Waals surface area contributed by atoms with Crippen LogP contribution in [0.4, 0.5) is 0 Å². The third-order valence-corrected chi connectivity index (χ3v) is 2.03. The maximum absolute atomic E-state index is 11.3. The molecule has 0 aromatic rings. The van der Waals surface area contributed by atoms with Crippen molar-refractivity contribution in [1.29, 1.82) is 0 Å². The van der Waals surface area contributed by atoms with Gasteiger partial charge >= 0.3 is 11.9 Å². The molecule has 94 valence electrons. The van der Waals surface area contributed by atoms with E-state index in [1.54, 1.807) is 13.8 Å². The summed E-state index contributed by atoms with van der Waals surface area (Å²) in [5.74, 6) is -0.627. The summed E-state index contributed by atoms with van der Waals surface area (Å²) in [6, 6.07) is 0. The molecule has 0 aliphatic rings. The maximum atomic E-state index is 11.3. The summed E-state index contributed by atoms with van der Waals surface area (Å²) in [6.45, 7) is 5.40. The number of hydrogen-bond acceptors (Lipinski definition) is 4. The van der Waals surface area contributed by atoms with Crippen molar-refractivity contribution in [2.75, 3.05) is 5.88 Å². The van der Waals surface area contributed by atoms with Crippen molar-refractivity contribution in [1.82, 2.24) is 0 Å². The zero-order valence-corrected chi connectivity index (χ0v) is 10.8. The van der Waals surface area contributed by atoms with Crippen LogP contribution < -0.4 is 0 Å². The summed E-state index contributed by atoms with van der Waals surface area (Å²) in [6.07, 6.45) is 0.301. The van der Waals surface area contributed by atoms with Gasteiger partial charge in [0.15, 0.2) is 0 Å². The van der Waals surface area contributed by atoms with Gasteiger partial charge < -0.3 is 9.47 Å². The second-order valence-corrected chi connectivity index (χ2v) is 4.07. The van der Waals surface area contributed by atoms with Crippen LogP contribution in [0, 0.1) is 0 Å². The van der Waals surface area contributed by atoms with Gasteiger partial charge in [-0.25, -0.2) is 0 Å². The number of alkyl halides is 1. The van der Waals surface area contributed by atoms with E-state index in [0.29, 0.717) is 12.8 Å². The van der Waals surface area contributed by atoms with E-state index in [-0.39, 0.29) is 24.4 Å². The van der Waals surface area contributed by atoms with E-state index in [9.17, 15) is 9.59 Å². The minimum Gasteiger partial charge on any atom is -0.463 e. The van der Waals surface area contributed by atoms with Gasteiger partial charge in [-0.2, -0.15) is 0 Å². The molecule has 0 aromatic heterocycles. The van der Waals surface area contributed by atoms with Crippen LogP contribution in [0.2, 0.25) is 0 Å². The van der Waals surface area contributed by atoms with Crippen LogP contribution in [0.5, 0.6) is 0 Å². The first-order valence-electron chi connectivity index (χ1n) is 5.44. The largest absolute Gasteiger partial charge is 0.463 e. The van der Waals surface area contributed by atoms with E-state index >= 15 is 0 Å². The highest BCUT2D eigenvalue weighted by Gasteiger charge is 2.18. The summed E-state index contributed by atoms with van der Waals surface area (Å²) in [4.78, 5) is 22.5. The Morgan fingerprint density at radius 2 is 1.81 bits per heavy atom. The zero-order valence-electron chi connectivity index (χ0n) is 9.99. The second kappa shape index (κ2) is 8.39. The van der Waals surface area contributed by atoms with Crippen molar-refractivity contribution >= 4 is 23.5 Å². The van der Waals surface area contributed by atoms with Crippen molar-refractivity contribution in [2.45, 2.75) is 52.2 Å². The number of esters is 2. The minimum absolute atomic E-state index is 0.0110. The van der Waals surface area contributed by atoms with Crippen molar-refractivity contribution in [3.8, 4) is 0 Å². The molecular formula is C11H19ClO4. The van der Waals surface area contributed by atoms with Gasteiger partial charge in [-0.05, 0) is 20.3 Å². The number of rotatable bonds is 7. The Balaban J connectivity index is 3.99. The maximum Gasteiger partial charge on any atom is 0.309 e. The summed E-state index contributed by atoms with van der Waals surface area (Å²) in [7, 11) is 0. The highest BCUT2D eigenvalue weighted by molar-refractivity contribution is 6.18. The second-order valence-electron chi connectivity index (χ2n) is 3.76. The zero-order chi connectivity index (χ0) is 12.6. The number of ether oxygens (including phenoxy) is 2. The lowest BCUT2D eigenvalue weighted by molar-refractivity contribution is -0.155. The predicted molar refractivity (Wildman–Crippen MR) is 61.4 cm³/mol. The van der Waals surface area contributed by atoms with Crippen LogP contribution in [0.25, 0.3) is 0 Å². The Kier molecular flexibility index (Phi) is 7.99. The molecule has 1 unspecified atom stereocenters. The van der Waals surface area contributed by atoms with Gasteiger partial charge in [0.05, 0.1) is 18.4 Å². The lowest BCUT2D eigenvalue weighted by Crippen LogP contribution is -2.25. The first-order chi connectivity index (χ1) is 7.49. The molecule has 0 aliphatic heterocycles. The molecule has 0 aromatic carbocycles. The van der Waals surface area contributed by atoms with Crippen LogP contribution in [0.3, 0.4) is 0 Å². The fourth-order valence-corrected chi connectivity index (χ4v) is 1.25. The third kappa shape index (κ3) is 7.51. The molecule has 0 fully saturated rings. The molecule has 4 nitrogen and oxygen atoms in total. The van der Waals surface area contributed by atoms with Crippen LogP contribution in [-0.4, -0.2) is 30.0 Å². The Hall–Kier alpha value is -0.770. The van der Waals surface area contributed by atoms with Gasteiger partial charge in [-0.3, -0.25) is 9.59 Å². The van der Waals surface area contributed by atoms with Crippen LogP contribution >= 0.6 is 11.6 Å². The van der Waals surface area contributed by atoms with Gasteiger partial charge in [-0.15, -0.1) is 11.6 Å². The third-order valence-electron chi connectivity index (χ3n) is 1.69. The highest BCUT2D eigenvalue weighted by atomic mass is 35.5. The molecule has 0 radical (unpaired) electrons. The quantitative estimate of drug-likeness (QED) is 0.514. The first kappa shape index (κ1) is 15.2. The molecule has 16 heavy (non-hydrogen) atoms. The molecule has 0 heterocycles. The van der Waals surface area contributed by atoms with Crippen LogP contribution in [-0.2, 0) is 19.1 Å². The molecule has 0 amide bonds. The average molecular weight is 251 g/mol. The molecular weight excluding hydrogens is 232 g/mol. The highest BCUT2D eigenvalue weighted by Crippen LogP contribution is 2.07. The van der Waals surface area contributed by atoms with E-state index in [2.05, 4.69) is 0 Å². The Labute approximate surface area is 101 Å². The van der Waals surface area contributed by atoms with Gasteiger partial charge in [0.2, 0.25) is 0 Å². The van der Waals surface area contributed by atoms with Crippen molar-refractivity contribution in [3.63, 3.8) is 0 Å². The Morgan fingerprint density at radius 3 is 2.25 bits per heavy atom. The fourth-order valence-electron chi connectivity index (χ4n) is 1.07. The molecule has 1 atom stereocenters. The standard InChI is InChI=1S/C11H19ClO4/c1-4-5-10(13)16-9(7-12)6-11(14)15-8(2)3/h8-9H,4-7H2,1-3H3. The fraction of sp³-hybridized carbons (Fsp3) is 0.818. The smallest absolute Gasteiger partial charge is 0.309 e. The van der Waals surface area contributed by atoms with E-state index < -0.39 is 12.1 Å². The summed E-state index contributed by atoms with van der Waals surface area (Å²) < 4.78 is 9.96. The lowest BCUT2D eigenvalue weighted by Gasteiger charge is -2.15. The molecule has 0 N–H and O–H groups in total. The topological polar surface area (TPSA) is 52.6 Å². The molecule has 0 aliphatic carbocycles. The van der Waals surface area contributed by atoms with Crippen LogP contribution in [0.15, 0.2) is 0 Å². The number of halogens is 1. The van der Waals surface area contributed by atoms with Gasteiger partial charge in [-0.1, -0.05) is 6.92 Å². The monoisotopic (exact) mass is 250 g/mol. The lowest BCUT2D eigenvalue weighted by atomic mass is 10.2. The SMILES string of the molecule is CCCC(=O)OC(CCl)CC(=O)OC(C)C. The summed E-state index contributed by atoms with van der Waals surface area (Å²) >= 11 is 5.61. The van der Waals surface area contributed by atoms with E-state index in [1.807, 2.05) is 6.92 Å². The predicted octanol–water partition coefficient (Wildman–Crippen LogP) is 2.28. The molecule has 0 saturated heterocycles. The van der Waals surface area contributed by atoms with E-state index in [1.165, 1.54) is 0 Å². The molecule has 0 saturated carbocycles. The van der Waals surface area contributed by atoms with Crippen molar-refractivity contribution in [3.05, 3.63) is 0 Å². The Bertz CT molecular complexity index is 228. The minimum atomic E-state index is -0.591. The molecule has 0 rings (SSSR count). The first-order valence-corrected chi connectivity index (χ1v) is 5.98. The average Bonchev–Trinajstić information content (AvgIpc) is 2.15. The Morgan fingerprint density at radius 1 is 1.19 bits per heavy atom. The number of carbonyl (C=O) groups excluding carboxylic acids is 2. The van der Waals surface area contributed by atoms with E-state index in [4.69, 9.17) is 21.1 Å². The number of hydrogen-bond donors (Lipinski definition) is 0. The number of carbonyl (C=O) groups is 2. The molecule has 0 spiro atoms. The van der Waals surface area contributed by atoms with Crippen LogP contribution in [0.1, 0.15) is 40.0 Å².